The van der Waals surface area contributed by atoms with Gasteiger partial charge < -0.3 is 14.2 Å². The molecular formula is C10H11BrO3. The zero-order valence-corrected chi connectivity index (χ0v) is 9.63. The van der Waals surface area contributed by atoms with E-state index in [1.807, 2.05) is 12.1 Å². The van der Waals surface area contributed by atoms with E-state index in [9.17, 15) is 0 Å². The molecule has 1 aromatic carbocycles. The Morgan fingerprint density at radius 2 is 2.07 bits per heavy atom. The van der Waals surface area contributed by atoms with Crippen LogP contribution in [0.25, 0.3) is 0 Å². The number of epoxide rings is 1. The van der Waals surface area contributed by atoms with Crippen molar-refractivity contribution in [2.75, 3.05) is 20.8 Å². The Morgan fingerprint density at radius 3 is 2.57 bits per heavy atom. The highest BCUT2D eigenvalue weighted by Gasteiger charge is 2.26. The molecule has 0 bridgehead atoms. The highest BCUT2D eigenvalue weighted by molar-refractivity contribution is 9.10. The fourth-order valence-corrected chi connectivity index (χ4v) is 1.99. The summed E-state index contributed by atoms with van der Waals surface area (Å²) < 4.78 is 16.5. The normalized spacial score (nSPS) is 19.2. The molecule has 0 saturated carbocycles. The highest BCUT2D eigenvalue weighted by atomic mass is 79.9. The molecule has 0 aromatic heterocycles. The number of halogens is 1. The number of hydrogen-bond acceptors (Lipinski definition) is 3. The molecule has 1 aliphatic rings. The molecule has 1 aromatic rings. The van der Waals surface area contributed by atoms with Gasteiger partial charge in [-0.05, 0) is 33.6 Å². The van der Waals surface area contributed by atoms with Crippen LogP contribution >= 0.6 is 15.9 Å². The number of benzene rings is 1. The molecule has 1 fully saturated rings. The van der Waals surface area contributed by atoms with Gasteiger partial charge in [-0.15, -0.1) is 0 Å². The molecule has 4 heteroatoms. The average molecular weight is 259 g/mol. The van der Waals surface area contributed by atoms with Crippen molar-refractivity contribution in [1.82, 2.24) is 0 Å². The third-order valence-corrected chi connectivity index (χ3v) is 2.75. The maximum absolute atomic E-state index is 5.23. The summed E-state index contributed by atoms with van der Waals surface area (Å²) >= 11 is 3.43. The van der Waals surface area contributed by atoms with Crippen molar-refractivity contribution in [2.45, 2.75) is 6.10 Å². The molecule has 0 N–H and O–H groups in total. The minimum Gasteiger partial charge on any atom is -0.493 e. The van der Waals surface area contributed by atoms with Crippen molar-refractivity contribution in [3.8, 4) is 11.5 Å². The Balaban J connectivity index is 2.43. The number of rotatable bonds is 3. The molecule has 2 rings (SSSR count). The Morgan fingerprint density at radius 1 is 1.36 bits per heavy atom. The van der Waals surface area contributed by atoms with Gasteiger partial charge in [-0.2, -0.15) is 0 Å². The lowest BCUT2D eigenvalue weighted by molar-refractivity contribution is 0.351. The molecule has 14 heavy (non-hydrogen) atoms. The van der Waals surface area contributed by atoms with Gasteiger partial charge in [0.15, 0.2) is 11.5 Å². The Labute approximate surface area is 91.1 Å². The summed E-state index contributed by atoms with van der Waals surface area (Å²) in [6, 6.07) is 3.94. The highest BCUT2D eigenvalue weighted by Crippen LogP contribution is 2.41. The third kappa shape index (κ3) is 1.72. The van der Waals surface area contributed by atoms with Crippen LogP contribution in [-0.4, -0.2) is 20.8 Å². The molecule has 0 amide bonds. The maximum Gasteiger partial charge on any atom is 0.174 e. The maximum atomic E-state index is 5.23. The Hall–Kier alpha value is -0.740. The van der Waals surface area contributed by atoms with E-state index in [-0.39, 0.29) is 6.10 Å². The van der Waals surface area contributed by atoms with Crippen LogP contribution in [0.3, 0.4) is 0 Å². The van der Waals surface area contributed by atoms with Gasteiger partial charge in [0.05, 0.1) is 25.3 Å². The van der Waals surface area contributed by atoms with Crippen LogP contribution in [0.5, 0.6) is 11.5 Å². The third-order valence-electron chi connectivity index (χ3n) is 2.16. The summed E-state index contributed by atoms with van der Waals surface area (Å²) in [5, 5.41) is 0. The van der Waals surface area contributed by atoms with Crippen LogP contribution in [0, 0.1) is 0 Å². The molecule has 0 spiro atoms. The minimum atomic E-state index is 0.228. The molecule has 76 valence electrons. The fourth-order valence-electron chi connectivity index (χ4n) is 1.36. The Bertz CT molecular complexity index is 347. The summed E-state index contributed by atoms with van der Waals surface area (Å²) in [5.41, 5.74) is 1.12. The predicted molar refractivity (Wildman–Crippen MR) is 55.9 cm³/mol. The van der Waals surface area contributed by atoms with Crippen LogP contribution < -0.4 is 9.47 Å². The van der Waals surface area contributed by atoms with Crippen LogP contribution in [0.2, 0.25) is 0 Å². The van der Waals surface area contributed by atoms with E-state index >= 15 is 0 Å². The molecule has 0 unspecified atom stereocenters. The predicted octanol–water partition coefficient (Wildman–Crippen LogP) is 2.54. The summed E-state index contributed by atoms with van der Waals surface area (Å²) in [5.74, 6) is 1.45. The van der Waals surface area contributed by atoms with Crippen LogP contribution in [0.4, 0.5) is 0 Å². The van der Waals surface area contributed by atoms with Crippen LogP contribution in [0.1, 0.15) is 11.7 Å². The first-order valence-corrected chi connectivity index (χ1v) is 5.08. The van der Waals surface area contributed by atoms with Gasteiger partial charge in [-0.3, -0.25) is 0 Å². The van der Waals surface area contributed by atoms with Crippen LogP contribution in [0.15, 0.2) is 16.6 Å². The van der Waals surface area contributed by atoms with Gasteiger partial charge in [0.2, 0.25) is 0 Å². The molecule has 1 heterocycles. The van der Waals surface area contributed by atoms with Gasteiger partial charge in [0.25, 0.3) is 0 Å². The summed E-state index contributed by atoms with van der Waals surface area (Å²) in [6.45, 7) is 0.794. The van der Waals surface area contributed by atoms with Gasteiger partial charge >= 0.3 is 0 Å². The van der Waals surface area contributed by atoms with Crippen molar-refractivity contribution in [3.63, 3.8) is 0 Å². The van der Waals surface area contributed by atoms with Crippen molar-refractivity contribution in [3.05, 3.63) is 22.2 Å². The number of methoxy groups -OCH3 is 2. The lowest BCUT2D eigenvalue weighted by atomic mass is 10.1. The zero-order chi connectivity index (χ0) is 10.1. The van der Waals surface area contributed by atoms with Crippen molar-refractivity contribution < 1.29 is 14.2 Å². The lowest BCUT2D eigenvalue weighted by Gasteiger charge is -2.10. The van der Waals surface area contributed by atoms with E-state index in [2.05, 4.69) is 15.9 Å². The van der Waals surface area contributed by atoms with Crippen LogP contribution in [-0.2, 0) is 4.74 Å². The van der Waals surface area contributed by atoms with E-state index in [1.165, 1.54) is 0 Å². The fraction of sp³-hybridized carbons (Fsp3) is 0.400. The molecule has 3 nitrogen and oxygen atoms in total. The Kier molecular flexibility index (Phi) is 2.65. The van der Waals surface area contributed by atoms with E-state index in [1.54, 1.807) is 14.2 Å². The first-order chi connectivity index (χ1) is 6.76. The quantitative estimate of drug-likeness (QED) is 0.781. The second-order valence-corrected chi connectivity index (χ2v) is 3.91. The standard InChI is InChI=1S/C10H11BrO3/c1-12-8-4-6(9-5-14-9)3-7(11)10(8)13-2/h3-4,9H,5H2,1-2H3/t9-/m1/s1. The minimum absolute atomic E-state index is 0.228. The molecule has 1 saturated heterocycles. The molecule has 1 aliphatic heterocycles. The molecular weight excluding hydrogens is 248 g/mol. The number of ether oxygens (including phenoxy) is 3. The van der Waals surface area contributed by atoms with E-state index in [4.69, 9.17) is 14.2 Å². The monoisotopic (exact) mass is 258 g/mol. The smallest absolute Gasteiger partial charge is 0.174 e. The van der Waals surface area contributed by atoms with Gasteiger partial charge in [0, 0.05) is 0 Å². The lowest BCUT2D eigenvalue weighted by Crippen LogP contribution is -1.93. The van der Waals surface area contributed by atoms with Gasteiger partial charge in [0.1, 0.15) is 6.10 Å². The number of hydrogen-bond donors (Lipinski definition) is 0. The van der Waals surface area contributed by atoms with Gasteiger partial charge in [-0.25, -0.2) is 0 Å². The summed E-state index contributed by atoms with van der Waals surface area (Å²) in [6.07, 6.45) is 0.228. The average Bonchev–Trinajstić information content (AvgIpc) is 2.99. The largest absolute Gasteiger partial charge is 0.493 e. The molecule has 0 radical (unpaired) electrons. The SMILES string of the molecule is COc1cc([C@H]2CO2)cc(Br)c1OC. The first kappa shape index (κ1) is 9.80. The van der Waals surface area contributed by atoms with E-state index in [0.29, 0.717) is 0 Å². The summed E-state index contributed by atoms with van der Waals surface area (Å²) in [7, 11) is 3.25. The molecule has 1 atom stereocenters. The van der Waals surface area contributed by atoms with E-state index < -0.39 is 0 Å². The molecule has 0 aliphatic carbocycles. The van der Waals surface area contributed by atoms with Gasteiger partial charge in [-0.1, -0.05) is 0 Å². The zero-order valence-electron chi connectivity index (χ0n) is 8.04. The van der Waals surface area contributed by atoms with E-state index in [0.717, 1.165) is 28.1 Å². The summed E-state index contributed by atoms with van der Waals surface area (Å²) in [4.78, 5) is 0. The second kappa shape index (κ2) is 3.79. The van der Waals surface area contributed by atoms with Crippen molar-refractivity contribution in [1.29, 1.82) is 0 Å². The first-order valence-electron chi connectivity index (χ1n) is 4.29. The van der Waals surface area contributed by atoms with Crippen molar-refractivity contribution >= 4 is 15.9 Å². The topological polar surface area (TPSA) is 31.0 Å². The second-order valence-electron chi connectivity index (χ2n) is 3.06. The van der Waals surface area contributed by atoms with Crippen molar-refractivity contribution in [2.24, 2.45) is 0 Å².